The van der Waals surface area contributed by atoms with Gasteiger partial charge in [-0.3, -0.25) is 4.98 Å². The number of nitrogens with one attached hydrogen (secondary N) is 2. The number of halogens is 3. The molecule has 0 fully saturated rings. The first-order chi connectivity index (χ1) is 8.43. The standard InChI is InChI=1S/C12H18F3N3/c1-3-4-5-10-6-7-11(8-16-10)18-17-9(2)12(13,14)15/h6-9,17-18H,3-5H2,1-2H3. The number of alkyl halides is 3. The number of anilines is 1. The van der Waals surface area contributed by atoms with E-state index in [1.54, 1.807) is 6.07 Å². The number of hydrogen-bond acceptors (Lipinski definition) is 3. The summed E-state index contributed by atoms with van der Waals surface area (Å²) in [5.74, 6) is 0. The number of aromatic nitrogens is 1. The maximum Gasteiger partial charge on any atom is 0.405 e. The molecule has 0 amide bonds. The number of rotatable bonds is 6. The first-order valence-corrected chi connectivity index (χ1v) is 5.96. The average molecular weight is 261 g/mol. The lowest BCUT2D eigenvalue weighted by atomic mass is 10.2. The Morgan fingerprint density at radius 2 is 2.06 bits per heavy atom. The number of nitrogens with zero attached hydrogens (tertiary/aromatic N) is 1. The molecule has 1 heterocycles. The summed E-state index contributed by atoms with van der Waals surface area (Å²) in [4.78, 5) is 4.17. The fraction of sp³-hybridized carbons (Fsp3) is 0.583. The van der Waals surface area contributed by atoms with Crippen LogP contribution in [0.4, 0.5) is 18.9 Å². The van der Waals surface area contributed by atoms with Gasteiger partial charge in [0.1, 0.15) is 6.04 Å². The Morgan fingerprint density at radius 1 is 1.33 bits per heavy atom. The van der Waals surface area contributed by atoms with Gasteiger partial charge in [-0.05, 0) is 31.9 Å². The van der Waals surface area contributed by atoms with Gasteiger partial charge in [-0.2, -0.15) is 13.2 Å². The predicted octanol–water partition coefficient (Wildman–Crippen LogP) is 3.29. The molecule has 1 rings (SSSR count). The van der Waals surface area contributed by atoms with Crippen molar-refractivity contribution in [1.82, 2.24) is 10.4 Å². The lowest BCUT2D eigenvalue weighted by Crippen LogP contribution is -2.42. The Labute approximate surface area is 105 Å². The van der Waals surface area contributed by atoms with Gasteiger partial charge >= 0.3 is 6.18 Å². The summed E-state index contributed by atoms with van der Waals surface area (Å²) in [6.45, 7) is 3.15. The second-order valence-electron chi connectivity index (χ2n) is 4.17. The molecular formula is C12H18F3N3. The van der Waals surface area contributed by atoms with Gasteiger partial charge in [0.2, 0.25) is 0 Å². The van der Waals surface area contributed by atoms with Crippen molar-refractivity contribution < 1.29 is 13.2 Å². The zero-order valence-corrected chi connectivity index (χ0v) is 10.5. The molecule has 1 aromatic heterocycles. The highest BCUT2D eigenvalue weighted by Gasteiger charge is 2.35. The van der Waals surface area contributed by atoms with E-state index in [0.717, 1.165) is 31.9 Å². The van der Waals surface area contributed by atoms with E-state index in [1.165, 1.54) is 6.20 Å². The van der Waals surface area contributed by atoms with E-state index in [2.05, 4.69) is 22.8 Å². The van der Waals surface area contributed by atoms with Crippen LogP contribution in [0.5, 0.6) is 0 Å². The van der Waals surface area contributed by atoms with Crippen molar-refractivity contribution in [2.75, 3.05) is 5.43 Å². The predicted molar refractivity (Wildman–Crippen MR) is 65.1 cm³/mol. The summed E-state index contributed by atoms with van der Waals surface area (Å²) in [6, 6.07) is 1.92. The van der Waals surface area contributed by atoms with E-state index in [9.17, 15) is 13.2 Å². The van der Waals surface area contributed by atoms with E-state index in [0.29, 0.717) is 5.69 Å². The minimum absolute atomic E-state index is 0.520. The van der Waals surface area contributed by atoms with E-state index in [4.69, 9.17) is 0 Å². The number of hydrazine groups is 1. The van der Waals surface area contributed by atoms with Gasteiger partial charge in [0.15, 0.2) is 0 Å². The van der Waals surface area contributed by atoms with Crippen LogP contribution >= 0.6 is 0 Å². The Bertz CT molecular complexity index is 349. The third kappa shape index (κ3) is 4.91. The summed E-state index contributed by atoms with van der Waals surface area (Å²) < 4.78 is 36.7. The number of unbranched alkanes of at least 4 members (excludes halogenated alkanes) is 1. The molecule has 2 N–H and O–H groups in total. The molecule has 1 atom stereocenters. The molecule has 0 saturated carbocycles. The van der Waals surface area contributed by atoms with Crippen molar-refractivity contribution in [3.8, 4) is 0 Å². The first kappa shape index (κ1) is 14.8. The zero-order chi connectivity index (χ0) is 13.6. The van der Waals surface area contributed by atoms with Gasteiger partial charge < -0.3 is 5.43 Å². The van der Waals surface area contributed by atoms with Crippen LogP contribution in [0.15, 0.2) is 18.3 Å². The SMILES string of the molecule is CCCCc1ccc(NNC(C)C(F)(F)F)cn1. The summed E-state index contributed by atoms with van der Waals surface area (Å²) in [5, 5.41) is 0. The normalized spacial score (nSPS) is 13.4. The number of hydrogen-bond donors (Lipinski definition) is 2. The third-order valence-electron chi connectivity index (χ3n) is 2.54. The quantitative estimate of drug-likeness (QED) is 0.771. The van der Waals surface area contributed by atoms with Crippen molar-refractivity contribution >= 4 is 5.69 Å². The molecule has 0 saturated heterocycles. The molecular weight excluding hydrogens is 243 g/mol. The summed E-state index contributed by atoms with van der Waals surface area (Å²) in [6.07, 6.45) is 0.307. The molecule has 1 aromatic rings. The molecule has 3 nitrogen and oxygen atoms in total. The van der Waals surface area contributed by atoms with Gasteiger partial charge in [0.25, 0.3) is 0 Å². The highest BCUT2D eigenvalue weighted by molar-refractivity contribution is 5.39. The van der Waals surface area contributed by atoms with E-state index in [1.807, 2.05) is 6.07 Å². The minimum atomic E-state index is -4.26. The molecule has 0 aliphatic carbocycles. The monoisotopic (exact) mass is 261 g/mol. The molecule has 6 heteroatoms. The van der Waals surface area contributed by atoms with Gasteiger partial charge in [0, 0.05) is 5.69 Å². The van der Waals surface area contributed by atoms with Crippen LogP contribution in [0.1, 0.15) is 32.4 Å². The Hall–Kier alpha value is -1.30. The Balaban J connectivity index is 2.44. The molecule has 0 aliphatic heterocycles. The van der Waals surface area contributed by atoms with Crippen molar-refractivity contribution in [3.63, 3.8) is 0 Å². The third-order valence-corrected chi connectivity index (χ3v) is 2.54. The number of pyridine rings is 1. The van der Waals surface area contributed by atoms with Crippen molar-refractivity contribution in [2.24, 2.45) is 0 Å². The summed E-state index contributed by atoms with van der Waals surface area (Å²) in [7, 11) is 0. The second kappa shape index (κ2) is 6.58. The summed E-state index contributed by atoms with van der Waals surface area (Å²) >= 11 is 0. The van der Waals surface area contributed by atoms with Gasteiger partial charge in [0.05, 0.1) is 11.9 Å². The van der Waals surface area contributed by atoms with Gasteiger partial charge in [-0.15, -0.1) is 0 Å². The molecule has 1 unspecified atom stereocenters. The smallest absolute Gasteiger partial charge is 0.319 e. The fourth-order valence-corrected chi connectivity index (χ4v) is 1.28. The Morgan fingerprint density at radius 3 is 2.56 bits per heavy atom. The van der Waals surface area contributed by atoms with Crippen LogP contribution in [-0.2, 0) is 6.42 Å². The van der Waals surface area contributed by atoms with Gasteiger partial charge in [-0.1, -0.05) is 13.3 Å². The number of aryl methyl sites for hydroxylation is 1. The molecule has 0 aliphatic rings. The van der Waals surface area contributed by atoms with Crippen molar-refractivity contribution in [1.29, 1.82) is 0 Å². The van der Waals surface area contributed by atoms with Crippen LogP contribution < -0.4 is 10.9 Å². The lowest BCUT2D eigenvalue weighted by Gasteiger charge is -2.18. The van der Waals surface area contributed by atoms with Crippen LogP contribution in [0.2, 0.25) is 0 Å². The lowest BCUT2D eigenvalue weighted by molar-refractivity contribution is -0.150. The molecule has 0 radical (unpaired) electrons. The maximum absolute atomic E-state index is 12.2. The zero-order valence-electron chi connectivity index (χ0n) is 10.5. The average Bonchev–Trinajstić information content (AvgIpc) is 2.33. The molecule has 18 heavy (non-hydrogen) atoms. The van der Waals surface area contributed by atoms with Crippen molar-refractivity contribution in [3.05, 3.63) is 24.0 Å². The van der Waals surface area contributed by atoms with E-state index < -0.39 is 12.2 Å². The van der Waals surface area contributed by atoms with Crippen molar-refractivity contribution in [2.45, 2.75) is 45.3 Å². The van der Waals surface area contributed by atoms with Crippen LogP contribution in [-0.4, -0.2) is 17.2 Å². The maximum atomic E-state index is 12.2. The molecule has 0 bridgehead atoms. The molecule has 102 valence electrons. The first-order valence-electron chi connectivity index (χ1n) is 5.96. The Kier molecular flexibility index (Phi) is 5.40. The van der Waals surface area contributed by atoms with Crippen LogP contribution in [0.25, 0.3) is 0 Å². The van der Waals surface area contributed by atoms with Gasteiger partial charge in [-0.25, -0.2) is 5.43 Å². The minimum Gasteiger partial charge on any atom is -0.319 e. The highest BCUT2D eigenvalue weighted by Crippen LogP contribution is 2.19. The highest BCUT2D eigenvalue weighted by atomic mass is 19.4. The largest absolute Gasteiger partial charge is 0.405 e. The summed E-state index contributed by atoms with van der Waals surface area (Å²) in [5.41, 5.74) is 6.16. The fourth-order valence-electron chi connectivity index (χ4n) is 1.28. The molecule has 0 aromatic carbocycles. The second-order valence-corrected chi connectivity index (χ2v) is 4.17. The van der Waals surface area contributed by atoms with Crippen LogP contribution in [0, 0.1) is 0 Å². The topological polar surface area (TPSA) is 37.0 Å². The molecule has 0 spiro atoms. The van der Waals surface area contributed by atoms with E-state index >= 15 is 0 Å². The van der Waals surface area contributed by atoms with Crippen LogP contribution in [0.3, 0.4) is 0 Å². The van der Waals surface area contributed by atoms with E-state index in [-0.39, 0.29) is 0 Å².